The summed E-state index contributed by atoms with van der Waals surface area (Å²) in [6.07, 6.45) is 0. The Bertz CT molecular complexity index is 1850. The van der Waals surface area contributed by atoms with Gasteiger partial charge in [0.2, 0.25) is 0 Å². The van der Waals surface area contributed by atoms with Gasteiger partial charge in [0.25, 0.3) is 0 Å². The minimum atomic E-state index is -0.436. The van der Waals surface area contributed by atoms with Gasteiger partial charge in [-0.2, -0.15) is 0 Å². The summed E-state index contributed by atoms with van der Waals surface area (Å²) in [6, 6.07) is 43.3. The Hall–Kier alpha value is -4.20. The molecule has 8 rings (SSSR count). The lowest BCUT2D eigenvalue weighted by atomic mass is 9.69. The summed E-state index contributed by atoms with van der Waals surface area (Å²) in [5.41, 5.74) is 12.9. The number of aromatic nitrogens is 1. The number of hydrogen-bond acceptors (Lipinski definition) is 1. The van der Waals surface area contributed by atoms with E-state index in [2.05, 4.69) is 115 Å². The van der Waals surface area contributed by atoms with Crippen LogP contribution in [0.15, 0.2) is 121 Å². The fourth-order valence-corrected chi connectivity index (χ4v) is 6.82. The summed E-state index contributed by atoms with van der Waals surface area (Å²) in [7, 11) is 0. The Morgan fingerprint density at radius 2 is 1.19 bits per heavy atom. The topological polar surface area (TPSA) is 12.9 Å². The molecule has 0 aliphatic heterocycles. The van der Waals surface area contributed by atoms with Gasteiger partial charge in [-0.3, -0.25) is 0 Å². The van der Waals surface area contributed by atoms with E-state index in [4.69, 9.17) is 16.6 Å². The first-order valence-corrected chi connectivity index (χ1v) is 12.6. The molecule has 2 heteroatoms. The van der Waals surface area contributed by atoms with Crippen LogP contribution in [-0.2, 0) is 5.41 Å². The molecule has 168 valence electrons. The molecule has 0 radical (unpaired) electrons. The Morgan fingerprint density at radius 1 is 0.556 bits per heavy atom. The zero-order valence-corrected chi connectivity index (χ0v) is 20.1. The fourth-order valence-electron chi connectivity index (χ4n) is 6.65. The predicted molar refractivity (Wildman–Crippen MR) is 148 cm³/mol. The van der Waals surface area contributed by atoms with E-state index >= 15 is 0 Å². The third kappa shape index (κ3) is 2.39. The highest BCUT2D eigenvalue weighted by molar-refractivity contribution is 6.31. The summed E-state index contributed by atoms with van der Waals surface area (Å²) in [6.45, 7) is 0. The van der Waals surface area contributed by atoms with Crippen molar-refractivity contribution in [3.63, 3.8) is 0 Å². The van der Waals surface area contributed by atoms with E-state index in [0.29, 0.717) is 0 Å². The van der Waals surface area contributed by atoms with Gasteiger partial charge in [-0.1, -0.05) is 115 Å². The van der Waals surface area contributed by atoms with Crippen LogP contribution in [0.2, 0.25) is 5.02 Å². The van der Waals surface area contributed by atoms with Crippen LogP contribution in [0.3, 0.4) is 0 Å². The molecule has 0 saturated carbocycles. The number of benzene rings is 5. The van der Waals surface area contributed by atoms with Crippen LogP contribution in [-0.4, -0.2) is 4.98 Å². The molecule has 0 saturated heterocycles. The molecule has 0 fully saturated rings. The maximum atomic E-state index is 6.58. The van der Waals surface area contributed by atoms with Crippen LogP contribution in [0.25, 0.3) is 44.4 Å². The van der Waals surface area contributed by atoms with Crippen molar-refractivity contribution in [2.24, 2.45) is 0 Å². The third-order valence-electron chi connectivity index (χ3n) is 7.92. The van der Waals surface area contributed by atoms with Crippen molar-refractivity contribution in [3.8, 4) is 33.5 Å². The Kier molecular flexibility index (Phi) is 3.99. The number of fused-ring (bicyclic) bond motifs is 12. The molecule has 1 unspecified atom stereocenters. The lowest BCUT2D eigenvalue weighted by Gasteiger charge is -2.31. The average molecular weight is 478 g/mol. The monoisotopic (exact) mass is 477 g/mol. The standard InChI is InChI=1S/C34H20ClN/c35-22-18-19-29-26(20-22)23-12-4-7-15-27(23)34(29)28-16-8-5-13-24(28)31-32(34)25-14-6-9-17-30(25)36-33(31)21-10-2-1-3-11-21/h1-20H. The summed E-state index contributed by atoms with van der Waals surface area (Å²) in [5, 5.41) is 1.96. The summed E-state index contributed by atoms with van der Waals surface area (Å²) in [4.78, 5) is 5.28. The normalized spacial score (nSPS) is 16.6. The molecule has 0 bridgehead atoms. The van der Waals surface area contributed by atoms with E-state index in [-0.39, 0.29) is 0 Å². The first kappa shape index (κ1) is 20.0. The van der Waals surface area contributed by atoms with Gasteiger partial charge in [0.1, 0.15) is 0 Å². The Labute approximate surface area is 214 Å². The van der Waals surface area contributed by atoms with Gasteiger partial charge < -0.3 is 0 Å². The van der Waals surface area contributed by atoms with Gasteiger partial charge in [0.15, 0.2) is 0 Å². The van der Waals surface area contributed by atoms with Crippen molar-refractivity contribution < 1.29 is 0 Å². The third-order valence-corrected chi connectivity index (χ3v) is 8.16. The first-order valence-electron chi connectivity index (χ1n) is 12.3. The van der Waals surface area contributed by atoms with Crippen LogP contribution in [0.1, 0.15) is 22.3 Å². The van der Waals surface area contributed by atoms with E-state index in [1.165, 1.54) is 49.9 Å². The quantitative estimate of drug-likeness (QED) is 0.230. The highest BCUT2D eigenvalue weighted by Crippen LogP contribution is 2.65. The van der Waals surface area contributed by atoms with Gasteiger partial charge >= 0.3 is 0 Å². The molecule has 2 aliphatic carbocycles. The largest absolute Gasteiger partial charge is 0.247 e. The van der Waals surface area contributed by atoms with Crippen molar-refractivity contribution >= 4 is 22.5 Å². The summed E-state index contributed by atoms with van der Waals surface area (Å²) < 4.78 is 0. The number of halogens is 1. The number of nitrogens with zero attached hydrogens (tertiary/aromatic N) is 1. The molecule has 1 aromatic heterocycles. The highest BCUT2D eigenvalue weighted by Gasteiger charge is 2.53. The van der Waals surface area contributed by atoms with E-state index in [0.717, 1.165) is 21.8 Å². The van der Waals surface area contributed by atoms with Gasteiger partial charge in [-0.15, -0.1) is 0 Å². The van der Waals surface area contributed by atoms with Crippen LogP contribution in [0, 0.1) is 0 Å². The average Bonchev–Trinajstić information content (AvgIpc) is 3.40. The molecule has 36 heavy (non-hydrogen) atoms. The molecule has 5 aromatic carbocycles. The maximum absolute atomic E-state index is 6.58. The van der Waals surface area contributed by atoms with E-state index < -0.39 is 5.41 Å². The molecule has 1 atom stereocenters. The molecule has 1 heterocycles. The van der Waals surface area contributed by atoms with Crippen molar-refractivity contribution in [1.29, 1.82) is 0 Å². The Morgan fingerprint density at radius 3 is 2.03 bits per heavy atom. The second kappa shape index (κ2) is 7.16. The number of pyridine rings is 1. The van der Waals surface area contributed by atoms with E-state index in [9.17, 15) is 0 Å². The highest BCUT2D eigenvalue weighted by atomic mass is 35.5. The molecule has 2 aliphatic rings. The van der Waals surface area contributed by atoms with Crippen molar-refractivity contribution in [2.45, 2.75) is 5.41 Å². The zero-order chi connectivity index (χ0) is 23.9. The van der Waals surface area contributed by atoms with Crippen molar-refractivity contribution in [1.82, 2.24) is 4.98 Å². The minimum absolute atomic E-state index is 0.436. The second-order valence-corrected chi connectivity index (χ2v) is 10.1. The lowest BCUT2D eigenvalue weighted by Crippen LogP contribution is -2.26. The van der Waals surface area contributed by atoms with Gasteiger partial charge in [-0.05, 0) is 57.1 Å². The Balaban J connectivity index is 1.65. The number of rotatable bonds is 1. The zero-order valence-electron chi connectivity index (χ0n) is 19.4. The SMILES string of the molecule is Clc1ccc2c(c1)-c1ccccc1C21c2ccccc2-c2c(-c3ccccc3)nc3ccccc3c21. The van der Waals surface area contributed by atoms with E-state index in [1.807, 2.05) is 6.07 Å². The number of hydrogen-bond donors (Lipinski definition) is 0. The second-order valence-electron chi connectivity index (χ2n) is 9.62. The van der Waals surface area contributed by atoms with Gasteiger partial charge in [0.05, 0.1) is 16.6 Å². The summed E-state index contributed by atoms with van der Waals surface area (Å²) in [5.74, 6) is 0. The molecular weight excluding hydrogens is 458 g/mol. The lowest BCUT2D eigenvalue weighted by molar-refractivity contribution is 0.801. The maximum Gasteiger partial charge on any atom is 0.0791 e. The fraction of sp³-hybridized carbons (Fsp3) is 0.0294. The molecular formula is C34H20ClN. The van der Waals surface area contributed by atoms with Crippen LogP contribution >= 0.6 is 11.6 Å². The molecule has 1 spiro atoms. The van der Waals surface area contributed by atoms with Crippen LogP contribution in [0.5, 0.6) is 0 Å². The van der Waals surface area contributed by atoms with E-state index in [1.54, 1.807) is 0 Å². The van der Waals surface area contributed by atoms with Crippen LogP contribution < -0.4 is 0 Å². The number of para-hydroxylation sites is 1. The van der Waals surface area contributed by atoms with Crippen molar-refractivity contribution in [3.05, 3.63) is 149 Å². The van der Waals surface area contributed by atoms with Crippen LogP contribution in [0.4, 0.5) is 0 Å². The van der Waals surface area contributed by atoms with Gasteiger partial charge in [-0.25, -0.2) is 4.98 Å². The first-order chi connectivity index (χ1) is 17.8. The minimum Gasteiger partial charge on any atom is -0.247 e. The molecule has 6 aromatic rings. The summed E-state index contributed by atoms with van der Waals surface area (Å²) >= 11 is 6.58. The molecule has 0 amide bonds. The molecule has 1 nitrogen and oxygen atoms in total. The smallest absolute Gasteiger partial charge is 0.0791 e. The van der Waals surface area contributed by atoms with Gasteiger partial charge in [0, 0.05) is 21.5 Å². The molecule has 0 N–H and O–H groups in total. The predicted octanol–water partition coefficient (Wildman–Crippen LogP) is 8.90. The van der Waals surface area contributed by atoms with Crippen molar-refractivity contribution in [2.75, 3.05) is 0 Å².